The molecule has 0 radical (unpaired) electrons. The topological polar surface area (TPSA) is 29.5 Å². The summed E-state index contributed by atoms with van der Waals surface area (Å²) in [6.45, 7) is 3.62. The number of ketones is 1. The minimum absolute atomic E-state index is 0.225. The summed E-state index contributed by atoms with van der Waals surface area (Å²) in [6, 6.07) is 7.44. The molecule has 1 aromatic carbocycles. The van der Waals surface area contributed by atoms with Gasteiger partial charge in [-0.05, 0) is 57.5 Å². The molecule has 0 aromatic heterocycles. The van der Waals surface area contributed by atoms with Gasteiger partial charge in [-0.3, -0.25) is 4.79 Å². The Hall–Kier alpha value is -1.35. The lowest BCUT2D eigenvalue weighted by molar-refractivity contribution is 0.0977. The molecule has 1 heterocycles. The van der Waals surface area contributed by atoms with E-state index in [4.69, 9.17) is 4.74 Å². The molecule has 0 unspecified atom stereocenters. The van der Waals surface area contributed by atoms with Gasteiger partial charge in [0, 0.05) is 12.0 Å². The third-order valence-electron chi connectivity index (χ3n) is 3.97. The summed E-state index contributed by atoms with van der Waals surface area (Å²) in [4.78, 5) is 14.6. The molecule has 3 nitrogen and oxygen atoms in total. The van der Waals surface area contributed by atoms with Gasteiger partial charge in [0.2, 0.25) is 0 Å². The fourth-order valence-electron chi connectivity index (χ4n) is 2.74. The summed E-state index contributed by atoms with van der Waals surface area (Å²) in [5, 5.41) is 0. The maximum absolute atomic E-state index is 12.1. The highest BCUT2D eigenvalue weighted by Gasteiger charge is 2.10. The number of carbonyl (C=O) groups is 1. The summed E-state index contributed by atoms with van der Waals surface area (Å²) in [7, 11) is 1.63. The Bertz CT molecular complexity index is 425. The molecular weight excluding hydrogens is 250 g/mol. The van der Waals surface area contributed by atoms with Crippen LogP contribution in [0.25, 0.3) is 0 Å². The molecule has 0 bridgehead atoms. The highest BCUT2D eigenvalue weighted by atomic mass is 16.5. The summed E-state index contributed by atoms with van der Waals surface area (Å²) >= 11 is 0. The summed E-state index contributed by atoms with van der Waals surface area (Å²) in [5.74, 6) is 0.978. The number of rotatable bonds is 7. The number of methoxy groups -OCH3 is 1. The second kappa shape index (κ2) is 8.05. The normalized spacial score (nSPS) is 16.1. The van der Waals surface area contributed by atoms with Gasteiger partial charge in [0.1, 0.15) is 5.75 Å². The molecule has 0 N–H and O–H groups in total. The Kier molecular flexibility index (Phi) is 6.06. The molecule has 20 heavy (non-hydrogen) atoms. The number of hydrogen-bond acceptors (Lipinski definition) is 3. The van der Waals surface area contributed by atoms with Crippen LogP contribution in [-0.4, -0.2) is 37.4 Å². The molecule has 110 valence electrons. The van der Waals surface area contributed by atoms with Crippen molar-refractivity contribution in [1.29, 1.82) is 0 Å². The van der Waals surface area contributed by atoms with Crippen molar-refractivity contribution in [2.75, 3.05) is 26.7 Å². The number of ether oxygens (including phenoxy) is 1. The predicted octanol–water partition coefficient (Wildman–Crippen LogP) is 3.53. The number of likely N-dealkylation sites (tertiary alicyclic amines) is 1. The van der Waals surface area contributed by atoms with Crippen molar-refractivity contribution >= 4 is 5.78 Å². The Morgan fingerprint density at radius 2 is 2.00 bits per heavy atom. The Balaban J connectivity index is 1.69. The van der Waals surface area contributed by atoms with Crippen molar-refractivity contribution in [3.8, 4) is 5.75 Å². The lowest BCUT2D eigenvalue weighted by Gasteiger charge is -2.26. The number of carbonyl (C=O) groups excluding carboxylic acids is 1. The summed E-state index contributed by atoms with van der Waals surface area (Å²) in [6.07, 6.45) is 6.79. The van der Waals surface area contributed by atoms with Crippen molar-refractivity contribution in [3.05, 3.63) is 29.8 Å². The van der Waals surface area contributed by atoms with Crippen LogP contribution in [0.4, 0.5) is 0 Å². The van der Waals surface area contributed by atoms with Crippen molar-refractivity contribution in [2.45, 2.75) is 38.5 Å². The van der Waals surface area contributed by atoms with Gasteiger partial charge in [-0.1, -0.05) is 18.6 Å². The highest BCUT2D eigenvalue weighted by molar-refractivity contribution is 5.96. The van der Waals surface area contributed by atoms with E-state index in [1.807, 2.05) is 24.3 Å². The minimum atomic E-state index is 0.225. The SMILES string of the molecule is COc1cccc(C(=O)CCCCN2CCCCC2)c1. The van der Waals surface area contributed by atoms with E-state index in [0.29, 0.717) is 6.42 Å². The third kappa shape index (κ3) is 4.64. The van der Waals surface area contributed by atoms with E-state index in [0.717, 1.165) is 30.7 Å². The van der Waals surface area contributed by atoms with Crippen LogP contribution in [0.5, 0.6) is 5.75 Å². The summed E-state index contributed by atoms with van der Waals surface area (Å²) < 4.78 is 5.15. The average molecular weight is 275 g/mol. The zero-order valence-corrected chi connectivity index (χ0v) is 12.4. The number of unbranched alkanes of at least 4 members (excludes halogenated alkanes) is 1. The Labute approximate surface area is 121 Å². The molecule has 1 aliphatic heterocycles. The molecule has 1 aliphatic rings. The number of hydrogen-bond donors (Lipinski definition) is 0. The van der Waals surface area contributed by atoms with E-state index in [-0.39, 0.29) is 5.78 Å². The molecule has 1 fully saturated rings. The molecule has 1 saturated heterocycles. The largest absolute Gasteiger partial charge is 0.497 e. The first-order valence-electron chi connectivity index (χ1n) is 7.69. The fraction of sp³-hybridized carbons (Fsp3) is 0.588. The second-order valence-corrected chi connectivity index (χ2v) is 5.51. The van der Waals surface area contributed by atoms with Crippen LogP contribution in [0.15, 0.2) is 24.3 Å². The van der Waals surface area contributed by atoms with Gasteiger partial charge in [-0.25, -0.2) is 0 Å². The number of piperidine rings is 1. The van der Waals surface area contributed by atoms with E-state index < -0.39 is 0 Å². The monoisotopic (exact) mass is 275 g/mol. The first kappa shape index (κ1) is 15.0. The molecule has 0 saturated carbocycles. The van der Waals surface area contributed by atoms with Crippen LogP contribution >= 0.6 is 0 Å². The van der Waals surface area contributed by atoms with E-state index in [2.05, 4.69) is 4.90 Å². The lowest BCUT2D eigenvalue weighted by atomic mass is 10.0. The van der Waals surface area contributed by atoms with Crippen LogP contribution in [0.1, 0.15) is 48.9 Å². The maximum Gasteiger partial charge on any atom is 0.163 e. The van der Waals surface area contributed by atoms with Crippen molar-refractivity contribution in [3.63, 3.8) is 0 Å². The van der Waals surface area contributed by atoms with Gasteiger partial charge in [0.15, 0.2) is 5.78 Å². The molecule has 0 amide bonds. The van der Waals surface area contributed by atoms with Gasteiger partial charge >= 0.3 is 0 Å². The molecule has 2 rings (SSSR count). The quantitative estimate of drug-likeness (QED) is 0.563. The molecule has 0 aliphatic carbocycles. The fourth-order valence-corrected chi connectivity index (χ4v) is 2.74. The molecule has 0 spiro atoms. The minimum Gasteiger partial charge on any atom is -0.497 e. The standard InChI is InChI=1S/C17H25NO2/c1-20-16-9-7-8-15(14-16)17(19)10-3-6-13-18-11-4-2-5-12-18/h7-9,14H,2-6,10-13H2,1H3. The third-order valence-corrected chi connectivity index (χ3v) is 3.97. The highest BCUT2D eigenvalue weighted by Crippen LogP contribution is 2.15. The van der Waals surface area contributed by atoms with Crippen molar-refractivity contribution < 1.29 is 9.53 Å². The van der Waals surface area contributed by atoms with Gasteiger partial charge in [0.25, 0.3) is 0 Å². The van der Waals surface area contributed by atoms with Crippen molar-refractivity contribution in [2.24, 2.45) is 0 Å². The molecule has 1 aromatic rings. The zero-order chi connectivity index (χ0) is 14.2. The van der Waals surface area contributed by atoms with E-state index >= 15 is 0 Å². The second-order valence-electron chi connectivity index (χ2n) is 5.51. The number of nitrogens with zero attached hydrogens (tertiary/aromatic N) is 1. The van der Waals surface area contributed by atoms with Crippen LogP contribution in [0, 0.1) is 0 Å². The number of benzene rings is 1. The van der Waals surface area contributed by atoms with Crippen LogP contribution in [0.3, 0.4) is 0 Å². The van der Waals surface area contributed by atoms with Gasteiger partial charge < -0.3 is 9.64 Å². The molecule has 3 heteroatoms. The van der Waals surface area contributed by atoms with Crippen molar-refractivity contribution in [1.82, 2.24) is 4.90 Å². The molecule has 0 atom stereocenters. The zero-order valence-electron chi connectivity index (χ0n) is 12.4. The average Bonchev–Trinajstić information content (AvgIpc) is 2.52. The first-order chi connectivity index (χ1) is 9.79. The smallest absolute Gasteiger partial charge is 0.163 e. The van der Waals surface area contributed by atoms with E-state index in [1.54, 1.807) is 7.11 Å². The lowest BCUT2D eigenvalue weighted by Crippen LogP contribution is -2.30. The van der Waals surface area contributed by atoms with Gasteiger partial charge in [-0.2, -0.15) is 0 Å². The van der Waals surface area contributed by atoms with Crippen LogP contribution in [0.2, 0.25) is 0 Å². The Morgan fingerprint density at radius 3 is 2.75 bits per heavy atom. The maximum atomic E-state index is 12.1. The van der Waals surface area contributed by atoms with Crippen LogP contribution in [-0.2, 0) is 0 Å². The van der Waals surface area contributed by atoms with Gasteiger partial charge in [0.05, 0.1) is 7.11 Å². The van der Waals surface area contributed by atoms with Crippen LogP contribution < -0.4 is 4.74 Å². The predicted molar refractivity (Wildman–Crippen MR) is 81.5 cm³/mol. The summed E-state index contributed by atoms with van der Waals surface area (Å²) in [5.41, 5.74) is 0.766. The number of Topliss-reactive ketones (excluding diaryl/α,β-unsaturated/α-hetero) is 1. The first-order valence-corrected chi connectivity index (χ1v) is 7.69. The van der Waals surface area contributed by atoms with E-state index in [1.165, 1.54) is 32.4 Å². The van der Waals surface area contributed by atoms with Gasteiger partial charge in [-0.15, -0.1) is 0 Å². The molecular formula is C17H25NO2. The van der Waals surface area contributed by atoms with E-state index in [9.17, 15) is 4.79 Å². The Morgan fingerprint density at radius 1 is 1.20 bits per heavy atom.